The Labute approximate surface area is 147 Å². The minimum absolute atomic E-state index is 0.0224. The van der Waals surface area contributed by atoms with Gasteiger partial charge in [-0.05, 0) is 12.0 Å². The van der Waals surface area contributed by atoms with E-state index < -0.39 is 5.97 Å². The summed E-state index contributed by atoms with van der Waals surface area (Å²) in [6.45, 7) is 2.20. The van der Waals surface area contributed by atoms with Crippen molar-refractivity contribution in [1.29, 1.82) is 0 Å². The van der Waals surface area contributed by atoms with Crippen molar-refractivity contribution in [2.45, 2.75) is 20.0 Å². The molecule has 0 heterocycles. The molecular formula is C18H24N2O5. The zero-order valence-corrected chi connectivity index (χ0v) is 15.0. The Morgan fingerprint density at radius 2 is 1.88 bits per heavy atom. The number of carbonyl (C=O) groups is 1. The van der Waals surface area contributed by atoms with Gasteiger partial charge in [0.1, 0.15) is 19.3 Å². The van der Waals surface area contributed by atoms with Crippen LogP contribution in [0.15, 0.2) is 40.8 Å². The molecule has 0 aromatic heterocycles. The molecule has 0 aliphatic rings. The van der Waals surface area contributed by atoms with Crippen LogP contribution >= 0.6 is 0 Å². The number of hydrogen-bond acceptors (Lipinski definition) is 7. The van der Waals surface area contributed by atoms with Crippen molar-refractivity contribution in [2.75, 3.05) is 21.3 Å². The van der Waals surface area contributed by atoms with E-state index in [1.54, 1.807) is 18.5 Å². The maximum atomic E-state index is 11.9. The molecule has 0 fully saturated rings. The highest BCUT2D eigenvalue weighted by molar-refractivity contribution is 6.16. The molecule has 0 spiro atoms. The van der Waals surface area contributed by atoms with E-state index in [2.05, 4.69) is 15.1 Å². The number of rotatable bonds is 10. The summed E-state index contributed by atoms with van der Waals surface area (Å²) in [7, 11) is 4.28. The largest absolute Gasteiger partial charge is 0.503 e. The van der Waals surface area contributed by atoms with E-state index >= 15 is 0 Å². The molecular weight excluding hydrogens is 324 g/mol. The standard InChI is InChI=1S/C18H24N2O5/c1-5-14(10-19-24-4)11-20-25-12-15-8-6-7-9-16(15)17(13-22-2)18(21)23-3/h6-11,13-14H,5,12H2,1-4H3/b17-13+,19-10+,20-11+. The van der Waals surface area contributed by atoms with Gasteiger partial charge in [0.05, 0.1) is 32.9 Å². The van der Waals surface area contributed by atoms with Crippen LogP contribution in [-0.2, 0) is 30.6 Å². The first-order valence-electron chi connectivity index (χ1n) is 7.79. The molecule has 0 saturated heterocycles. The predicted molar refractivity (Wildman–Crippen MR) is 96.0 cm³/mol. The first kappa shape index (κ1) is 20.2. The van der Waals surface area contributed by atoms with Crippen molar-refractivity contribution < 1.29 is 23.9 Å². The zero-order valence-electron chi connectivity index (χ0n) is 15.0. The first-order valence-corrected chi connectivity index (χ1v) is 7.79. The van der Waals surface area contributed by atoms with Gasteiger partial charge in [-0.1, -0.05) is 41.5 Å². The van der Waals surface area contributed by atoms with Crippen molar-refractivity contribution in [2.24, 2.45) is 16.2 Å². The number of hydrogen-bond donors (Lipinski definition) is 0. The van der Waals surface area contributed by atoms with E-state index in [0.29, 0.717) is 11.1 Å². The molecule has 25 heavy (non-hydrogen) atoms. The number of carbonyl (C=O) groups excluding carboxylic acids is 1. The highest BCUT2D eigenvalue weighted by Crippen LogP contribution is 2.21. The van der Waals surface area contributed by atoms with E-state index in [1.807, 2.05) is 25.1 Å². The van der Waals surface area contributed by atoms with E-state index in [4.69, 9.17) is 14.3 Å². The number of methoxy groups -OCH3 is 2. The van der Waals surface area contributed by atoms with Crippen molar-refractivity contribution in [1.82, 2.24) is 0 Å². The van der Waals surface area contributed by atoms with E-state index in [1.165, 1.54) is 27.6 Å². The Kier molecular flexibility index (Phi) is 9.43. The molecule has 7 heteroatoms. The van der Waals surface area contributed by atoms with Crippen LogP contribution in [0.25, 0.3) is 5.57 Å². The first-order chi connectivity index (χ1) is 12.2. The lowest BCUT2D eigenvalue weighted by Crippen LogP contribution is -2.07. The molecule has 1 rings (SSSR count). The second-order valence-corrected chi connectivity index (χ2v) is 4.95. The molecule has 0 bridgehead atoms. The number of benzene rings is 1. The van der Waals surface area contributed by atoms with Crippen LogP contribution in [0, 0.1) is 5.92 Å². The van der Waals surface area contributed by atoms with Crippen LogP contribution in [0.4, 0.5) is 0 Å². The van der Waals surface area contributed by atoms with Gasteiger partial charge in [-0.2, -0.15) is 0 Å². The fourth-order valence-corrected chi connectivity index (χ4v) is 1.97. The summed E-state index contributed by atoms with van der Waals surface area (Å²) < 4.78 is 9.79. The molecule has 0 aliphatic heterocycles. The fraction of sp³-hybridized carbons (Fsp3) is 0.389. The number of ether oxygens (including phenoxy) is 2. The smallest absolute Gasteiger partial charge is 0.341 e. The van der Waals surface area contributed by atoms with Crippen molar-refractivity contribution >= 4 is 24.0 Å². The van der Waals surface area contributed by atoms with Crippen molar-refractivity contribution in [3.8, 4) is 0 Å². The summed E-state index contributed by atoms with van der Waals surface area (Å²) in [6.07, 6.45) is 5.47. The van der Waals surface area contributed by atoms with Gasteiger partial charge in [-0.3, -0.25) is 0 Å². The van der Waals surface area contributed by atoms with Gasteiger partial charge in [0.25, 0.3) is 0 Å². The SMILES string of the molecule is CCC(/C=N/OC)/C=N/OCc1ccccc1/C(=C\OC)C(=O)OC. The van der Waals surface area contributed by atoms with Crippen molar-refractivity contribution in [3.63, 3.8) is 0 Å². The molecule has 0 aliphatic carbocycles. The quantitative estimate of drug-likeness (QED) is 0.213. The highest BCUT2D eigenvalue weighted by atomic mass is 16.6. The Morgan fingerprint density at radius 3 is 2.52 bits per heavy atom. The third kappa shape index (κ3) is 6.66. The minimum atomic E-state index is -0.486. The normalized spacial score (nSPS) is 13.0. The number of esters is 1. The summed E-state index contributed by atoms with van der Waals surface area (Å²) >= 11 is 0. The lowest BCUT2D eigenvalue weighted by atomic mass is 10.0. The molecule has 7 nitrogen and oxygen atoms in total. The Morgan fingerprint density at radius 1 is 1.16 bits per heavy atom. The lowest BCUT2D eigenvalue weighted by Gasteiger charge is -2.10. The topological polar surface area (TPSA) is 78.7 Å². The molecule has 1 aromatic rings. The fourth-order valence-electron chi connectivity index (χ4n) is 1.97. The van der Waals surface area contributed by atoms with Crippen LogP contribution in [0.2, 0.25) is 0 Å². The molecule has 0 radical (unpaired) electrons. The summed E-state index contributed by atoms with van der Waals surface area (Å²) in [5.74, 6) is -0.464. The molecule has 1 atom stereocenters. The predicted octanol–water partition coefficient (Wildman–Crippen LogP) is 3.01. The zero-order chi connectivity index (χ0) is 18.5. The molecule has 0 amide bonds. The second-order valence-electron chi connectivity index (χ2n) is 4.95. The number of nitrogens with zero attached hydrogens (tertiary/aromatic N) is 2. The van der Waals surface area contributed by atoms with Crippen LogP contribution in [0.5, 0.6) is 0 Å². The third-order valence-corrected chi connectivity index (χ3v) is 3.32. The van der Waals surface area contributed by atoms with Gasteiger partial charge in [-0.25, -0.2) is 4.79 Å². The molecule has 1 unspecified atom stereocenters. The van der Waals surface area contributed by atoms with Gasteiger partial charge < -0.3 is 19.1 Å². The summed E-state index contributed by atoms with van der Waals surface area (Å²) in [4.78, 5) is 22.0. The van der Waals surface area contributed by atoms with Crippen LogP contribution in [-0.4, -0.2) is 39.7 Å². The lowest BCUT2D eigenvalue weighted by molar-refractivity contribution is -0.133. The van der Waals surface area contributed by atoms with Crippen molar-refractivity contribution in [3.05, 3.63) is 41.7 Å². The monoisotopic (exact) mass is 348 g/mol. The van der Waals surface area contributed by atoms with Gasteiger partial charge in [0, 0.05) is 11.5 Å². The molecule has 136 valence electrons. The minimum Gasteiger partial charge on any atom is -0.503 e. The third-order valence-electron chi connectivity index (χ3n) is 3.32. The number of oxime groups is 2. The van der Waals surface area contributed by atoms with Crippen LogP contribution in [0.3, 0.4) is 0 Å². The molecule has 0 N–H and O–H groups in total. The van der Waals surface area contributed by atoms with E-state index in [-0.39, 0.29) is 12.5 Å². The van der Waals surface area contributed by atoms with Crippen LogP contribution in [0.1, 0.15) is 24.5 Å². The van der Waals surface area contributed by atoms with Crippen LogP contribution < -0.4 is 0 Å². The van der Waals surface area contributed by atoms with Gasteiger partial charge >= 0.3 is 5.97 Å². The maximum absolute atomic E-state index is 11.9. The summed E-state index contributed by atoms with van der Waals surface area (Å²) in [6, 6.07) is 7.32. The average Bonchev–Trinajstić information content (AvgIpc) is 2.65. The molecule has 0 saturated carbocycles. The Bertz CT molecular complexity index is 626. The summed E-state index contributed by atoms with van der Waals surface area (Å²) in [5, 5.41) is 7.69. The van der Waals surface area contributed by atoms with E-state index in [0.717, 1.165) is 12.0 Å². The highest BCUT2D eigenvalue weighted by Gasteiger charge is 2.16. The Balaban J connectivity index is 2.85. The molecule has 1 aromatic carbocycles. The van der Waals surface area contributed by atoms with Gasteiger partial charge in [0.15, 0.2) is 0 Å². The van der Waals surface area contributed by atoms with Gasteiger partial charge in [-0.15, -0.1) is 0 Å². The second kappa shape index (κ2) is 11.7. The van der Waals surface area contributed by atoms with E-state index in [9.17, 15) is 4.79 Å². The summed E-state index contributed by atoms with van der Waals surface area (Å²) in [5.41, 5.74) is 1.76. The Hall–Kier alpha value is -2.83. The maximum Gasteiger partial charge on any atom is 0.341 e. The van der Waals surface area contributed by atoms with Gasteiger partial charge in [0.2, 0.25) is 0 Å². The average molecular weight is 348 g/mol.